The van der Waals surface area contributed by atoms with Crippen LogP contribution in [-0.4, -0.2) is 7.05 Å². The van der Waals surface area contributed by atoms with Crippen molar-refractivity contribution >= 4 is 28.3 Å². The summed E-state index contributed by atoms with van der Waals surface area (Å²) in [5.41, 5.74) is 2.44. The second-order valence-electron chi connectivity index (χ2n) is 2.71. The van der Waals surface area contributed by atoms with E-state index in [0.29, 0.717) is 0 Å². The molecule has 1 aromatic carbocycles. The predicted octanol–water partition coefficient (Wildman–Crippen LogP) is 2.16. The van der Waals surface area contributed by atoms with Gasteiger partial charge in [0.25, 0.3) is 0 Å². The molecule has 0 amide bonds. The summed E-state index contributed by atoms with van der Waals surface area (Å²) in [5, 5.41) is 1.65. The van der Waals surface area contributed by atoms with Crippen LogP contribution < -0.4 is 10.9 Å². The third-order valence-corrected chi connectivity index (χ3v) is 3.06. The average molecular weight is 276 g/mol. The average Bonchev–Trinajstić information content (AvgIpc) is 2.04. The molecule has 2 nitrogen and oxygen atoms in total. The van der Waals surface area contributed by atoms with Crippen molar-refractivity contribution in [1.29, 1.82) is 0 Å². The van der Waals surface area contributed by atoms with Gasteiger partial charge in [-0.1, -0.05) is 19.1 Å². The van der Waals surface area contributed by atoms with Crippen LogP contribution in [0.25, 0.3) is 0 Å². The molecule has 3 heteroatoms. The number of nitrogens with zero attached hydrogens (tertiary/aromatic N) is 1. The lowest BCUT2D eigenvalue weighted by molar-refractivity contribution is 1.00. The zero-order valence-electron chi connectivity index (χ0n) is 7.34. The number of anilines is 1. The molecule has 0 unspecified atom stereocenters. The van der Waals surface area contributed by atoms with Gasteiger partial charge in [0.05, 0.1) is 5.69 Å². The second kappa shape index (κ2) is 4.09. The first-order valence-electron chi connectivity index (χ1n) is 3.92. The third kappa shape index (κ3) is 1.90. The van der Waals surface area contributed by atoms with E-state index in [1.807, 2.05) is 19.2 Å². The highest BCUT2D eigenvalue weighted by molar-refractivity contribution is 14.1. The van der Waals surface area contributed by atoms with Gasteiger partial charge in [-0.3, -0.25) is 0 Å². The van der Waals surface area contributed by atoms with Gasteiger partial charge < -0.3 is 5.01 Å². The number of hydrazine groups is 1. The van der Waals surface area contributed by atoms with Gasteiger partial charge in [-0.2, -0.15) is 0 Å². The van der Waals surface area contributed by atoms with E-state index in [1.165, 1.54) is 9.13 Å². The van der Waals surface area contributed by atoms with E-state index in [0.717, 1.165) is 12.1 Å². The fraction of sp³-hybridized carbons (Fsp3) is 0.333. The summed E-state index contributed by atoms with van der Waals surface area (Å²) in [6.07, 6.45) is 1.06. The van der Waals surface area contributed by atoms with E-state index in [-0.39, 0.29) is 0 Å². The molecule has 0 aliphatic carbocycles. The van der Waals surface area contributed by atoms with Gasteiger partial charge in [-0.25, -0.2) is 5.84 Å². The van der Waals surface area contributed by atoms with Gasteiger partial charge in [-0.15, -0.1) is 0 Å². The Hall–Kier alpha value is -0.290. The molecule has 1 aromatic rings. The van der Waals surface area contributed by atoms with Gasteiger partial charge in [0.2, 0.25) is 0 Å². The van der Waals surface area contributed by atoms with E-state index < -0.39 is 0 Å². The molecule has 0 heterocycles. The third-order valence-electron chi connectivity index (χ3n) is 1.82. The number of rotatable bonds is 2. The van der Waals surface area contributed by atoms with Crippen molar-refractivity contribution in [2.24, 2.45) is 5.84 Å². The predicted molar refractivity (Wildman–Crippen MR) is 61.1 cm³/mol. The van der Waals surface area contributed by atoms with Gasteiger partial charge >= 0.3 is 0 Å². The largest absolute Gasteiger partial charge is 0.313 e. The summed E-state index contributed by atoms with van der Waals surface area (Å²) in [6, 6.07) is 6.20. The normalized spacial score (nSPS) is 10.0. The summed E-state index contributed by atoms with van der Waals surface area (Å²) < 4.78 is 1.25. The standard InChI is InChI=1S/C9H13IN2/c1-3-7-5-4-6-8(9(7)10)12(2)11/h4-6H,3,11H2,1-2H3. The molecule has 12 heavy (non-hydrogen) atoms. The highest BCUT2D eigenvalue weighted by atomic mass is 127. The Morgan fingerprint density at radius 2 is 2.17 bits per heavy atom. The van der Waals surface area contributed by atoms with Crippen LogP contribution in [0, 0.1) is 3.57 Å². The van der Waals surface area contributed by atoms with Crippen LogP contribution in [0.4, 0.5) is 5.69 Å². The van der Waals surface area contributed by atoms with E-state index in [9.17, 15) is 0 Å². The van der Waals surface area contributed by atoms with Crippen LogP contribution in [0.3, 0.4) is 0 Å². The fourth-order valence-corrected chi connectivity index (χ4v) is 2.23. The Kier molecular flexibility index (Phi) is 3.34. The van der Waals surface area contributed by atoms with Gasteiger partial charge in [0.15, 0.2) is 0 Å². The molecule has 0 atom stereocenters. The monoisotopic (exact) mass is 276 g/mol. The second-order valence-corrected chi connectivity index (χ2v) is 3.79. The molecule has 0 aromatic heterocycles. The highest BCUT2D eigenvalue weighted by Gasteiger charge is 2.04. The zero-order valence-corrected chi connectivity index (χ0v) is 9.50. The minimum Gasteiger partial charge on any atom is -0.313 e. The van der Waals surface area contributed by atoms with Gasteiger partial charge in [0.1, 0.15) is 0 Å². The summed E-state index contributed by atoms with van der Waals surface area (Å²) in [6.45, 7) is 2.15. The van der Waals surface area contributed by atoms with Crippen molar-refractivity contribution < 1.29 is 0 Å². The summed E-state index contributed by atoms with van der Waals surface area (Å²) in [5.74, 6) is 5.67. The first kappa shape index (κ1) is 9.80. The Balaban J connectivity index is 3.14. The minimum atomic E-state index is 1.06. The summed E-state index contributed by atoms with van der Waals surface area (Å²) in [7, 11) is 1.86. The lowest BCUT2D eigenvalue weighted by Crippen LogP contribution is -2.26. The number of halogens is 1. The molecule has 66 valence electrons. The SMILES string of the molecule is CCc1cccc(N(C)N)c1I. The van der Waals surface area contributed by atoms with Crippen LogP contribution >= 0.6 is 22.6 Å². The molecule has 0 aliphatic heterocycles. The molecule has 0 saturated carbocycles. The maximum Gasteiger partial charge on any atom is 0.0650 e. The van der Waals surface area contributed by atoms with Crippen LogP contribution in [-0.2, 0) is 6.42 Å². The van der Waals surface area contributed by atoms with Crippen molar-refractivity contribution in [3.63, 3.8) is 0 Å². The smallest absolute Gasteiger partial charge is 0.0650 e. The van der Waals surface area contributed by atoms with E-state index in [2.05, 4.69) is 35.6 Å². The molecule has 0 radical (unpaired) electrons. The maximum atomic E-state index is 5.67. The van der Waals surface area contributed by atoms with Crippen molar-refractivity contribution in [2.75, 3.05) is 12.1 Å². The van der Waals surface area contributed by atoms with E-state index in [1.54, 1.807) is 5.01 Å². The first-order valence-corrected chi connectivity index (χ1v) is 5.00. The summed E-state index contributed by atoms with van der Waals surface area (Å²) >= 11 is 2.33. The molecule has 1 rings (SSSR count). The first-order chi connectivity index (χ1) is 5.66. The molecule has 0 fully saturated rings. The van der Waals surface area contributed by atoms with Crippen LogP contribution in [0.15, 0.2) is 18.2 Å². The zero-order chi connectivity index (χ0) is 9.14. The quantitative estimate of drug-likeness (QED) is 0.509. The molecular weight excluding hydrogens is 263 g/mol. The highest BCUT2D eigenvalue weighted by Crippen LogP contribution is 2.23. The number of aryl methyl sites for hydroxylation is 1. The van der Waals surface area contributed by atoms with E-state index >= 15 is 0 Å². The number of hydrogen-bond acceptors (Lipinski definition) is 2. The Labute approximate surface area is 86.9 Å². The number of hydrogen-bond donors (Lipinski definition) is 1. The molecular formula is C9H13IN2. The Morgan fingerprint density at radius 1 is 1.50 bits per heavy atom. The lowest BCUT2D eigenvalue weighted by atomic mass is 10.1. The molecule has 0 bridgehead atoms. The molecule has 0 spiro atoms. The van der Waals surface area contributed by atoms with Gasteiger partial charge in [0, 0.05) is 10.6 Å². The van der Waals surface area contributed by atoms with E-state index in [4.69, 9.17) is 5.84 Å². The number of nitrogens with two attached hydrogens (primary N) is 1. The van der Waals surface area contributed by atoms with Crippen molar-refractivity contribution in [3.8, 4) is 0 Å². The van der Waals surface area contributed by atoms with Crippen LogP contribution in [0.2, 0.25) is 0 Å². The lowest BCUT2D eigenvalue weighted by Gasteiger charge is -2.15. The molecule has 0 aliphatic rings. The van der Waals surface area contributed by atoms with Crippen molar-refractivity contribution in [1.82, 2.24) is 0 Å². The van der Waals surface area contributed by atoms with Crippen molar-refractivity contribution in [3.05, 3.63) is 27.3 Å². The summed E-state index contributed by atoms with van der Waals surface area (Å²) in [4.78, 5) is 0. The topological polar surface area (TPSA) is 29.3 Å². The van der Waals surface area contributed by atoms with Crippen LogP contribution in [0.5, 0.6) is 0 Å². The number of benzene rings is 1. The molecule has 2 N–H and O–H groups in total. The molecule has 0 saturated heterocycles. The van der Waals surface area contributed by atoms with Crippen molar-refractivity contribution in [2.45, 2.75) is 13.3 Å². The fourth-order valence-electron chi connectivity index (χ4n) is 1.11. The maximum absolute atomic E-state index is 5.67. The minimum absolute atomic E-state index is 1.06. The van der Waals surface area contributed by atoms with Gasteiger partial charge in [-0.05, 0) is 40.6 Å². The Bertz CT molecular complexity index is 271. The van der Waals surface area contributed by atoms with Crippen LogP contribution in [0.1, 0.15) is 12.5 Å². The Morgan fingerprint density at radius 3 is 2.67 bits per heavy atom.